The average Bonchev–Trinajstić information content (AvgIpc) is 3.67. The summed E-state index contributed by atoms with van der Waals surface area (Å²) in [6.45, 7) is 3.53. The molecule has 0 aromatic carbocycles. The highest BCUT2D eigenvalue weighted by Crippen LogP contribution is 2.41. The zero-order valence-electron chi connectivity index (χ0n) is 24.9. The van der Waals surface area contributed by atoms with Crippen LogP contribution in [-0.2, 0) is 30.3 Å². The van der Waals surface area contributed by atoms with E-state index in [0.717, 1.165) is 64.2 Å². The molecule has 4 fully saturated rings. The van der Waals surface area contributed by atoms with Crippen molar-refractivity contribution in [2.75, 3.05) is 18.8 Å². The Bertz CT molecular complexity index is 1080. The lowest BCUT2D eigenvalue weighted by atomic mass is 9.70. The summed E-state index contributed by atoms with van der Waals surface area (Å²) < 4.78 is 21.4. The van der Waals surface area contributed by atoms with Gasteiger partial charge in [-0.2, -0.15) is 0 Å². The van der Waals surface area contributed by atoms with Crippen LogP contribution in [0.4, 0.5) is 4.79 Å². The number of hydrogen-bond acceptors (Lipinski definition) is 6. The number of rotatable bonds is 11. The topological polar surface area (TPSA) is 174 Å². The van der Waals surface area contributed by atoms with Gasteiger partial charge in [-0.25, -0.2) is 9.00 Å². The van der Waals surface area contributed by atoms with Crippen LogP contribution in [-0.4, -0.2) is 85.2 Å². The van der Waals surface area contributed by atoms with E-state index in [1.54, 1.807) is 6.92 Å². The number of Topliss-reactive ketones (excluding diaryl/α,β-unsaturated/α-hetero) is 1. The van der Waals surface area contributed by atoms with Crippen LogP contribution in [0.3, 0.4) is 0 Å². The van der Waals surface area contributed by atoms with Crippen molar-refractivity contribution in [1.82, 2.24) is 26.2 Å². The van der Waals surface area contributed by atoms with E-state index >= 15 is 0 Å². The van der Waals surface area contributed by atoms with Gasteiger partial charge in [0.15, 0.2) is 11.1 Å². The fourth-order valence-corrected chi connectivity index (χ4v) is 7.83. The van der Waals surface area contributed by atoms with Crippen molar-refractivity contribution >= 4 is 40.6 Å². The van der Waals surface area contributed by atoms with Gasteiger partial charge in [-0.1, -0.05) is 45.4 Å². The van der Waals surface area contributed by atoms with E-state index in [4.69, 9.17) is 0 Å². The predicted octanol–water partition coefficient (Wildman–Crippen LogP) is 1.89. The standard InChI is InChI=1S/C29H47N5O7S/c1-27(12-5-3-6-13-27)22(32-26(39)33-29(19-42(40)41)15-7-4-8-16-29)24(37)34-17-9-14-28(34,2)25(38)30-18-21(35)23(36)31-20-10-11-20/h20,22H,3-19H2,1-2H3,(H,30,38)(H,31,36)(H,40,41)(H2,32,33,39). The van der Waals surface area contributed by atoms with Crippen molar-refractivity contribution in [2.45, 2.75) is 127 Å². The van der Waals surface area contributed by atoms with E-state index in [1.807, 2.05) is 6.92 Å². The van der Waals surface area contributed by atoms with Gasteiger partial charge in [0.25, 0.3) is 5.91 Å². The van der Waals surface area contributed by atoms with Crippen LogP contribution >= 0.6 is 0 Å². The van der Waals surface area contributed by atoms with E-state index in [-0.39, 0.29) is 17.7 Å². The molecular formula is C29H47N5O7S. The van der Waals surface area contributed by atoms with Crippen molar-refractivity contribution in [3.63, 3.8) is 0 Å². The third kappa shape index (κ3) is 7.69. The van der Waals surface area contributed by atoms with Gasteiger partial charge in [-0.05, 0) is 63.7 Å². The Morgan fingerprint density at radius 2 is 1.52 bits per heavy atom. The van der Waals surface area contributed by atoms with Crippen LogP contribution in [0, 0.1) is 5.41 Å². The quantitative estimate of drug-likeness (QED) is 0.176. The molecule has 236 valence electrons. The zero-order chi connectivity index (χ0) is 30.5. The Kier molecular flexibility index (Phi) is 10.3. The molecule has 0 spiro atoms. The summed E-state index contributed by atoms with van der Waals surface area (Å²) in [5.41, 5.74) is -2.60. The Morgan fingerprint density at radius 3 is 2.12 bits per heavy atom. The Hall–Kier alpha value is -2.54. The number of hydrogen-bond donors (Lipinski definition) is 5. The highest BCUT2D eigenvalue weighted by atomic mass is 32.2. The number of likely N-dealkylation sites (tertiary alicyclic amines) is 1. The number of carbonyl (C=O) groups is 5. The molecular weight excluding hydrogens is 562 g/mol. The van der Waals surface area contributed by atoms with E-state index in [2.05, 4.69) is 21.3 Å². The summed E-state index contributed by atoms with van der Waals surface area (Å²) in [7, 11) is 0. The molecule has 5 N–H and O–H groups in total. The van der Waals surface area contributed by atoms with E-state index in [1.165, 1.54) is 4.90 Å². The van der Waals surface area contributed by atoms with E-state index in [9.17, 15) is 32.7 Å². The van der Waals surface area contributed by atoms with Gasteiger partial charge in [-0.3, -0.25) is 19.2 Å². The smallest absolute Gasteiger partial charge is 0.315 e. The third-order valence-electron chi connectivity index (χ3n) is 9.78. The van der Waals surface area contributed by atoms with Gasteiger partial charge in [0, 0.05) is 12.6 Å². The largest absolute Gasteiger partial charge is 0.347 e. The monoisotopic (exact) mass is 609 g/mol. The summed E-state index contributed by atoms with van der Waals surface area (Å²) in [5, 5.41) is 11.1. The molecule has 1 saturated heterocycles. The second-order valence-corrected chi connectivity index (χ2v) is 14.2. The molecule has 13 heteroatoms. The molecule has 4 rings (SSSR count). The number of urea groups is 1. The maximum absolute atomic E-state index is 14.3. The van der Waals surface area contributed by atoms with Gasteiger partial charge in [0.2, 0.25) is 17.6 Å². The first-order valence-corrected chi connectivity index (χ1v) is 16.7. The molecule has 0 aromatic heterocycles. The molecule has 3 saturated carbocycles. The number of ketones is 1. The van der Waals surface area contributed by atoms with E-state index < -0.39 is 63.8 Å². The van der Waals surface area contributed by atoms with Gasteiger partial charge < -0.3 is 30.7 Å². The van der Waals surface area contributed by atoms with Gasteiger partial charge in [0.05, 0.1) is 17.8 Å². The molecule has 4 aliphatic rings. The lowest BCUT2D eigenvalue weighted by molar-refractivity contribution is -0.148. The van der Waals surface area contributed by atoms with Gasteiger partial charge >= 0.3 is 6.03 Å². The minimum Gasteiger partial charge on any atom is -0.347 e. The summed E-state index contributed by atoms with van der Waals surface area (Å²) in [4.78, 5) is 67.1. The van der Waals surface area contributed by atoms with Crippen molar-refractivity contribution in [1.29, 1.82) is 0 Å². The lowest BCUT2D eigenvalue weighted by Crippen LogP contribution is -2.65. The Balaban J connectivity index is 1.49. The van der Waals surface area contributed by atoms with Crippen molar-refractivity contribution in [2.24, 2.45) is 5.41 Å². The van der Waals surface area contributed by atoms with Crippen molar-refractivity contribution in [3.05, 3.63) is 0 Å². The van der Waals surface area contributed by atoms with Crippen LogP contribution in [0.5, 0.6) is 0 Å². The molecule has 0 aromatic rings. The molecule has 0 bridgehead atoms. The first kappa shape index (κ1) is 32.4. The van der Waals surface area contributed by atoms with Crippen LogP contribution < -0.4 is 21.3 Å². The highest BCUT2D eigenvalue weighted by molar-refractivity contribution is 7.79. The zero-order valence-corrected chi connectivity index (χ0v) is 25.7. The molecule has 5 amide bonds. The van der Waals surface area contributed by atoms with Crippen molar-refractivity contribution < 1.29 is 32.7 Å². The lowest BCUT2D eigenvalue weighted by Gasteiger charge is -2.45. The summed E-state index contributed by atoms with van der Waals surface area (Å²) in [5.74, 6) is -2.39. The minimum atomic E-state index is -2.09. The maximum atomic E-state index is 14.3. The van der Waals surface area contributed by atoms with E-state index in [0.29, 0.717) is 32.2 Å². The highest BCUT2D eigenvalue weighted by Gasteiger charge is 2.51. The third-order valence-corrected chi connectivity index (χ3v) is 10.6. The van der Waals surface area contributed by atoms with Crippen LogP contribution in [0.15, 0.2) is 0 Å². The summed E-state index contributed by atoms with van der Waals surface area (Å²) >= 11 is -2.09. The van der Waals surface area contributed by atoms with Crippen LogP contribution in [0.2, 0.25) is 0 Å². The molecule has 3 atom stereocenters. The molecule has 12 nitrogen and oxygen atoms in total. The van der Waals surface area contributed by atoms with Gasteiger partial charge in [0.1, 0.15) is 11.6 Å². The minimum absolute atomic E-state index is 0.0270. The number of nitrogens with zero attached hydrogens (tertiary/aromatic N) is 1. The second kappa shape index (κ2) is 13.4. The molecule has 0 radical (unpaired) electrons. The normalized spacial score (nSPS) is 26.4. The fraction of sp³-hybridized carbons (Fsp3) is 0.828. The molecule has 1 aliphatic heterocycles. The number of carbonyl (C=O) groups excluding carboxylic acids is 5. The van der Waals surface area contributed by atoms with Crippen LogP contribution in [0.25, 0.3) is 0 Å². The summed E-state index contributed by atoms with van der Waals surface area (Å²) in [6.07, 6.45) is 10.8. The first-order chi connectivity index (χ1) is 19.9. The Morgan fingerprint density at radius 1 is 0.905 bits per heavy atom. The van der Waals surface area contributed by atoms with Crippen LogP contribution in [0.1, 0.15) is 104 Å². The molecule has 3 unspecified atom stereocenters. The second-order valence-electron chi connectivity index (χ2n) is 13.3. The summed E-state index contributed by atoms with van der Waals surface area (Å²) in [6, 6.07) is -1.43. The SMILES string of the molecule is CC1(C(NC(=O)NC2(CS(=O)O)CCCCC2)C(=O)N2CCCC2(C)C(=O)NCC(=O)C(=O)NC2CC2)CCCCC1. The number of amides is 5. The molecule has 42 heavy (non-hydrogen) atoms. The predicted molar refractivity (Wildman–Crippen MR) is 157 cm³/mol. The molecule has 3 aliphatic carbocycles. The van der Waals surface area contributed by atoms with Gasteiger partial charge in [-0.15, -0.1) is 0 Å². The van der Waals surface area contributed by atoms with Crippen molar-refractivity contribution in [3.8, 4) is 0 Å². The first-order valence-electron chi connectivity index (χ1n) is 15.5. The molecule has 1 heterocycles. The number of nitrogens with one attached hydrogen (secondary N) is 4. The fourth-order valence-electron chi connectivity index (χ4n) is 6.99. The average molecular weight is 610 g/mol. The maximum Gasteiger partial charge on any atom is 0.315 e. The Labute approximate surface area is 250 Å².